The molecule has 5 heteroatoms. The Morgan fingerprint density at radius 1 is 1.00 bits per heavy atom. The molecular weight excluding hydrogens is 398 g/mol. The number of hydrogen-bond acceptors (Lipinski definition) is 3. The molecule has 170 valence electrons. The van der Waals surface area contributed by atoms with Crippen LogP contribution in [0.5, 0.6) is 0 Å². The van der Waals surface area contributed by atoms with Crippen LogP contribution in [0.1, 0.15) is 53.6 Å². The quantitative estimate of drug-likeness (QED) is 0.781. The number of nitrogens with zero attached hydrogens (tertiary/aromatic N) is 2. The molecular formula is C27H35N3O2. The average Bonchev–Trinajstić information content (AvgIpc) is 2.80. The maximum atomic E-state index is 13.6. The van der Waals surface area contributed by atoms with E-state index in [9.17, 15) is 9.59 Å². The van der Waals surface area contributed by atoms with Gasteiger partial charge in [0.15, 0.2) is 0 Å². The summed E-state index contributed by atoms with van der Waals surface area (Å²) in [5.41, 5.74) is 5.86. The highest BCUT2D eigenvalue weighted by Gasteiger charge is 2.37. The Kier molecular flexibility index (Phi) is 6.95. The van der Waals surface area contributed by atoms with E-state index in [1.165, 1.54) is 16.7 Å². The Bertz CT molecular complexity index is 979. The summed E-state index contributed by atoms with van der Waals surface area (Å²) >= 11 is 0. The number of amides is 2. The molecule has 2 amide bonds. The van der Waals surface area contributed by atoms with Gasteiger partial charge in [0.1, 0.15) is 6.04 Å². The minimum Gasteiger partial charge on any atom is -0.351 e. The second-order valence-corrected chi connectivity index (χ2v) is 9.52. The number of hydrogen-bond donors (Lipinski definition) is 1. The summed E-state index contributed by atoms with van der Waals surface area (Å²) in [5.74, 6) is 0.781. The van der Waals surface area contributed by atoms with E-state index in [-0.39, 0.29) is 24.4 Å². The lowest BCUT2D eigenvalue weighted by atomic mass is 9.90. The molecule has 0 bridgehead atoms. The summed E-state index contributed by atoms with van der Waals surface area (Å²) in [4.78, 5) is 30.5. The van der Waals surface area contributed by atoms with E-state index in [0.717, 1.165) is 43.5 Å². The first-order valence-corrected chi connectivity index (χ1v) is 11.9. The number of carbonyl (C=O) groups is 2. The van der Waals surface area contributed by atoms with E-state index in [1.807, 2.05) is 17.0 Å². The zero-order valence-corrected chi connectivity index (χ0v) is 19.6. The molecule has 5 nitrogen and oxygen atoms in total. The molecule has 1 saturated heterocycles. The van der Waals surface area contributed by atoms with E-state index < -0.39 is 0 Å². The molecule has 0 spiro atoms. The van der Waals surface area contributed by atoms with Crippen molar-refractivity contribution >= 4 is 11.8 Å². The Labute approximate surface area is 191 Å². The van der Waals surface area contributed by atoms with Crippen LogP contribution in [0.2, 0.25) is 0 Å². The predicted octanol–water partition coefficient (Wildman–Crippen LogP) is 3.78. The number of rotatable bonds is 5. The van der Waals surface area contributed by atoms with Gasteiger partial charge >= 0.3 is 0 Å². The molecule has 1 unspecified atom stereocenters. The van der Waals surface area contributed by atoms with Gasteiger partial charge in [-0.3, -0.25) is 14.5 Å². The third kappa shape index (κ3) is 5.04. The number of fused-ring (bicyclic) bond motifs is 1. The summed E-state index contributed by atoms with van der Waals surface area (Å²) in [6.45, 7) is 9.51. The van der Waals surface area contributed by atoms with Crippen LogP contribution in [0.15, 0.2) is 42.5 Å². The van der Waals surface area contributed by atoms with E-state index >= 15 is 0 Å². The normalized spacial score (nSPS) is 19.5. The minimum atomic E-state index is -0.374. The minimum absolute atomic E-state index is 0.0346. The molecule has 0 radical (unpaired) electrons. The Balaban J connectivity index is 1.46. The highest BCUT2D eigenvalue weighted by molar-refractivity contribution is 5.85. The zero-order chi connectivity index (χ0) is 22.7. The fraction of sp³-hybridized carbons (Fsp3) is 0.481. The van der Waals surface area contributed by atoms with E-state index in [4.69, 9.17) is 0 Å². The molecule has 2 heterocycles. The third-order valence-electron chi connectivity index (χ3n) is 7.12. The Morgan fingerprint density at radius 3 is 2.50 bits per heavy atom. The van der Waals surface area contributed by atoms with Crippen LogP contribution in [0.25, 0.3) is 0 Å². The first-order chi connectivity index (χ1) is 15.4. The van der Waals surface area contributed by atoms with E-state index in [2.05, 4.69) is 61.3 Å². The molecule has 1 N–H and O–H groups in total. The van der Waals surface area contributed by atoms with Gasteiger partial charge in [-0.25, -0.2) is 0 Å². The van der Waals surface area contributed by atoms with Gasteiger partial charge in [-0.15, -0.1) is 0 Å². The lowest BCUT2D eigenvalue weighted by Gasteiger charge is -2.40. The first-order valence-electron chi connectivity index (χ1n) is 11.9. The molecule has 32 heavy (non-hydrogen) atoms. The second-order valence-electron chi connectivity index (χ2n) is 9.52. The van der Waals surface area contributed by atoms with Gasteiger partial charge in [0.05, 0.1) is 6.54 Å². The number of piperidine rings is 1. The molecule has 2 aliphatic rings. The number of likely N-dealkylation sites (tertiary alicyclic amines) is 1. The number of benzene rings is 2. The predicted molar refractivity (Wildman–Crippen MR) is 127 cm³/mol. The highest BCUT2D eigenvalue weighted by atomic mass is 16.2. The van der Waals surface area contributed by atoms with Gasteiger partial charge < -0.3 is 10.2 Å². The summed E-state index contributed by atoms with van der Waals surface area (Å²) < 4.78 is 0. The standard InChI is InChI=1S/C27H35N3O2/c1-19-10-13-29(14-11-19)27(32)26-24-7-5-4-6-23(24)12-15-30(26)18-25(31)28-17-22-9-8-20(2)21(3)16-22/h4-9,16,19,26H,10-15,17-18H2,1-3H3,(H,28,31). The first kappa shape index (κ1) is 22.5. The molecule has 4 rings (SSSR count). The molecule has 1 atom stereocenters. The van der Waals surface area contributed by atoms with Crippen molar-refractivity contribution in [2.45, 2.75) is 52.6 Å². The topological polar surface area (TPSA) is 52.7 Å². The van der Waals surface area contributed by atoms with Gasteiger partial charge in [-0.05, 0) is 66.8 Å². The van der Waals surface area contributed by atoms with Crippen LogP contribution >= 0.6 is 0 Å². The smallest absolute Gasteiger partial charge is 0.244 e. The number of aryl methyl sites for hydroxylation is 2. The van der Waals surface area contributed by atoms with Crippen LogP contribution in [0.3, 0.4) is 0 Å². The SMILES string of the molecule is Cc1ccc(CNC(=O)CN2CCc3ccccc3C2C(=O)N2CCC(C)CC2)cc1C. The number of nitrogens with one attached hydrogen (secondary N) is 1. The van der Waals surface area contributed by atoms with Crippen molar-refractivity contribution in [3.8, 4) is 0 Å². The largest absolute Gasteiger partial charge is 0.351 e. The monoisotopic (exact) mass is 433 g/mol. The van der Waals surface area contributed by atoms with Gasteiger partial charge in [-0.2, -0.15) is 0 Å². The average molecular weight is 434 g/mol. The summed E-state index contributed by atoms with van der Waals surface area (Å²) in [6.07, 6.45) is 2.97. The van der Waals surface area contributed by atoms with Crippen molar-refractivity contribution in [2.75, 3.05) is 26.2 Å². The van der Waals surface area contributed by atoms with Gasteiger partial charge in [0.25, 0.3) is 0 Å². The summed E-state index contributed by atoms with van der Waals surface area (Å²) in [7, 11) is 0. The fourth-order valence-electron chi connectivity index (χ4n) is 4.83. The van der Waals surface area contributed by atoms with Crippen molar-refractivity contribution in [3.63, 3.8) is 0 Å². The van der Waals surface area contributed by atoms with Crippen LogP contribution < -0.4 is 5.32 Å². The maximum Gasteiger partial charge on any atom is 0.244 e. The van der Waals surface area contributed by atoms with E-state index in [1.54, 1.807) is 0 Å². The lowest BCUT2D eigenvalue weighted by molar-refractivity contribution is -0.140. The van der Waals surface area contributed by atoms with Gasteiger partial charge in [0, 0.05) is 26.2 Å². The van der Waals surface area contributed by atoms with E-state index in [0.29, 0.717) is 19.0 Å². The van der Waals surface area contributed by atoms with Crippen molar-refractivity contribution in [2.24, 2.45) is 5.92 Å². The molecule has 2 aromatic carbocycles. The number of carbonyl (C=O) groups excluding carboxylic acids is 2. The van der Waals surface area contributed by atoms with Crippen LogP contribution in [-0.4, -0.2) is 47.8 Å². The molecule has 0 aromatic heterocycles. The fourth-order valence-corrected chi connectivity index (χ4v) is 4.83. The second kappa shape index (κ2) is 9.86. The Hall–Kier alpha value is -2.66. The lowest BCUT2D eigenvalue weighted by Crippen LogP contribution is -2.50. The zero-order valence-electron chi connectivity index (χ0n) is 19.6. The molecule has 2 aliphatic heterocycles. The molecule has 0 aliphatic carbocycles. The van der Waals surface area contributed by atoms with Crippen molar-refractivity contribution < 1.29 is 9.59 Å². The third-order valence-corrected chi connectivity index (χ3v) is 7.12. The van der Waals surface area contributed by atoms with Crippen LogP contribution in [0, 0.1) is 19.8 Å². The van der Waals surface area contributed by atoms with Crippen LogP contribution in [0.4, 0.5) is 0 Å². The van der Waals surface area contributed by atoms with Crippen molar-refractivity contribution in [1.29, 1.82) is 0 Å². The molecule has 1 fully saturated rings. The summed E-state index contributed by atoms with van der Waals surface area (Å²) in [6, 6.07) is 14.1. The van der Waals surface area contributed by atoms with Gasteiger partial charge in [-0.1, -0.05) is 49.4 Å². The molecule has 2 aromatic rings. The summed E-state index contributed by atoms with van der Waals surface area (Å²) in [5, 5.41) is 3.06. The maximum absolute atomic E-state index is 13.6. The van der Waals surface area contributed by atoms with Gasteiger partial charge in [0.2, 0.25) is 11.8 Å². The molecule has 0 saturated carbocycles. The highest BCUT2D eigenvalue weighted by Crippen LogP contribution is 2.32. The van der Waals surface area contributed by atoms with Crippen molar-refractivity contribution in [1.82, 2.24) is 15.1 Å². The Morgan fingerprint density at radius 2 is 1.75 bits per heavy atom. The van der Waals surface area contributed by atoms with Crippen LogP contribution in [-0.2, 0) is 22.6 Å². The van der Waals surface area contributed by atoms with Crippen molar-refractivity contribution in [3.05, 3.63) is 70.3 Å².